The van der Waals surface area contributed by atoms with E-state index in [4.69, 9.17) is 4.74 Å². The highest BCUT2D eigenvalue weighted by Crippen LogP contribution is 2.20. The number of anilines is 1. The lowest BCUT2D eigenvalue weighted by Gasteiger charge is -2.35. The van der Waals surface area contributed by atoms with E-state index in [1.807, 2.05) is 23.1 Å². The second kappa shape index (κ2) is 6.43. The monoisotopic (exact) mass is 298 g/mol. The molecule has 1 aliphatic heterocycles. The standard InChI is InChI=1S/C16H18N4O2/c1-22-14-5-3-2-4-13(14)16(21)20-10-8-19(9-11-20)15-12-17-6-7-18-15/h2-7,12H,8-11H2,1H3. The number of hydrogen-bond acceptors (Lipinski definition) is 5. The van der Waals surface area contributed by atoms with Crippen LogP contribution in [0.2, 0.25) is 0 Å². The first-order valence-electron chi connectivity index (χ1n) is 7.23. The van der Waals surface area contributed by atoms with Gasteiger partial charge in [0.1, 0.15) is 11.6 Å². The van der Waals surface area contributed by atoms with Crippen molar-refractivity contribution in [3.63, 3.8) is 0 Å². The minimum absolute atomic E-state index is 0.0104. The number of rotatable bonds is 3. The Morgan fingerprint density at radius 1 is 1.14 bits per heavy atom. The zero-order valence-corrected chi connectivity index (χ0v) is 12.5. The predicted molar refractivity (Wildman–Crippen MR) is 83.1 cm³/mol. The van der Waals surface area contributed by atoms with Crippen molar-refractivity contribution in [2.75, 3.05) is 38.2 Å². The third-order valence-electron chi connectivity index (χ3n) is 3.78. The van der Waals surface area contributed by atoms with Gasteiger partial charge >= 0.3 is 0 Å². The molecule has 3 rings (SSSR count). The summed E-state index contributed by atoms with van der Waals surface area (Å²) in [5.41, 5.74) is 0.609. The van der Waals surface area contributed by atoms with E-state index in [2.05, 4.69) is 14.9 Å². The maximum atomic E-state index is 12.6. The average molecular weight is 298 g/mol. The Hall–Kier alpha value is -2.63. The van der Waals surface area contributed by atoms with Gasteiger partial charge in [-0.3, -0.25) is 9.78 Å². The van der Waals surface area contributed by atoms with Gasteiger partial charge in [-0.05, 0) is 12.1 Å². The molecular weight excluding hydrogens is 280 g/mol. The van der Waals surface area contributed by atoms with Crippen LogP contribution in [0.3, 0.4) is 0 Å². The van der Waals surface area contributed by atoms with Crippen molar-refractivity contribution < 1.29 is 9.53 Å². The second-order valence-corrected chi connectivity index (χ2v) is 5.04. The first kappa shape index (κ1) is 14.3. The number of amides is 1. The lowest BCUT2D eigenvalue weighted by Crippen LogP contribution is -2.49. The summed E-state index contributed by atoms with van der Waals surface area (Å²) >= 11 is 0. The summed E-state index contributed by atoms with van der Waals surface area (Å²) in [6.45, 7) is 2.82. The molecule has 0 bridgehead atoms. The zero-order chi connectivity index (χ0) is 15.4. The summed E-state index contributed by atoms with van der Waals surface area (Å²) in [4.78, 5) is 25.0. The number of para-hydroxylation sites is 1. The normalized spacial score (nSPS) is 14.8. The van der Waals surface area contributed by atoms with Crippen LogP contribution < -0.4 is 9.64 Å². The highest BCUT2D eigenvalue weighted by molar-refractivity contribution is 5.97. The number of hydrogen-bond donors (Lipinski definition) is 0. The molecule has 1 fully saturated rings. The van der Waals surface area contributed by atoms with Crippen LogP contribution in [0.1, 0.15) is 10.4 Å². The minimum atomic E-state index is 0.0104. The molecule has 1 saturated heterocycles. The van der Waals surface area contributed by atoms with Gasteiger partial charge in [-0.25, -0.2) is 4.98 Å². The first-order chi connectivity index (χ1) is 10.8. The summed E-state index contributed by atoms with van der Waals surface area (Å²) in [5, 5.41) is 0. The van der Waals surface area contributed by atoms with Crippen LogP contribution in [0.25, 0.3) is 0 Å². The largest absolute Gasteiger partial charge is 0.496 e. The van der Waals surface area contributed by atoms with Crippen molar-refractivity contribution in [3.8, 4) is 5.75 Å². The van der Waals surface area contributed by atoms with Gasteiger partial charge < -0.3 is 14.5 Å². The maximum absolute atomic E-state index is 12.6. The average Bonchev–Trinajstić information content (AvgIpc) is 2.62. The van der Waals surface area contributed by atoms with E-state index >= 15 is 0 Å². The highest BCUT2D eigenvalue weighted by atomic mass is 16.5. The van der Waals surface area contributed by atoms with Crippen LogP contribution in [0, 0.1) is 0 Å². The van der Waals surface area contributed by atoms with Gasteiger partial charge in [0.05, 0.1) is 18.9 Å². The molecule has 22 heavy (non-hydrogen) atoms. The van der Waals surface area contributed by atoms with Crippen molar-refractivity contribution in [1.29, 1.82) is 0 Å². The van der Waals surface area contributed by atoms with Crippen LogP contribution in [-0.2, 0) is 0 Å². The number of piperazine rings is 1. The number of benzene rings is 1. The summed E-state index contributed by atoms with van der Waals surface area (Å²) in [6.07, 6.45) is 5.09. The Balaban J connectivity index is 1.67. The molecule has 1 aromatic heterocycles. The molecule has 0 N–H and O–H groups in total. The Bertz CT molecular complexity index is 640. The number of carbonyl (C=O) groups excluding carboxylic acids is 1. The molecule has 0 atom stereocenters. The van der Waals surface area contributed by atoms with Gasteiger partial charge in [0.15, 0.2) is 0 Å². The van der Waals surface area contributed by atoms with Crippen LogP contribution in [0.15, 0.2) is 42.9 Å². The lowest BCUT2D eigenvalue weighted by atomic mass is 10.1. The fourth-order valence-electron chi connectivity index (χ4n) is 2.58. The third-order valence-corrected chi connectivity index (χ3v) is 3.78. The van der Waals surface area contributed by atoms with E-state index in [0.717, 1.165) is 18.9 Å². The number of methoxy groups -OCH3 is 1. The summed E-state index contributed by atoms with van der Waals surface area (Å²) < 4.78 is 5.27. The molecule has 0 radical (unpaired) electrons. The molecule has 6 heteroatoms. The van der Waals surface area contributed by atoms with Crippen molar-refractivity contribution in [2.45, 2.75) is 0 Å². The molecule has 1 aliphatic rings. The van der Waals surface area contributed by atoms with Gasteiger partial charge in [-0.2, -0.15) is 0 Å². The molecule has 1 amide bonds. The lowest BCUT2D eigenvalue weighted by molar-refractivity contribution is 0.0743. The van der Waals surface area contributed by atoms with Crippen LogP contribution >= 0.6 is 0 Å². The predicted octanol–water partition coefficient (Wildman–Crippen LogP) is 1.45. The van der Waals surface area contributed by atoms with Gasteiger partial charge in [-0.1, -0.05) is 12.1 Å². The number of carbonyl (C=O) groups is 1. The van der Waals surface area contributed by atoms with E-state index in [-0.39, 0.29) is 5.91 Å². The molecule has 6 nitrogen and oxygen atoms in total. The third kappa shape index (κ3) is 2.86. The summed E-state index contributed by atoms with van der Waals surface area (Å²) in [6, 6.07) is 7.33. The summed E-state index contributed by atoms with van der Waals surface area (Å²) in [5.74, 6) is 1.48. The van der Waals surface area contributed by atoms with Crippen molar-refractivity contribution >= 4 is 11.7 Å². The molecule has 1 aromatic carbocycles. The Morgan fingerprint density at radius 2 is 1.91 bits per heavy atom. The molecule has 2 aromatic rings. The van der Waals surface area contributed by atoms with Gasteiger partial charge in [0.2, 0.25) is 0 Å². The first-order valence-corrected chi connectivity index (χ1v) is 7.23. The van der Waals surface area contributed by atoms with E-state index in [1.165, 1.54) is 0 Å². The fourth-order valence-corrected chi connectivity index (χ4v) is 2.58. The van der Waals surface area contributed by atoms with E-state index in [0.29, 0.717) is 24.4 Å². The number of nitrogens with zero attached hydrogens (tertiary/aromatic N) is 4. The van der Waals surface area contributed by atoms with Gasteiger partial charge in [0, 0.05) is 38.6 Å². The molecule has 0 unspecified atom stereocenters. The topological polar surface area (TPSA) is 58.6 Å². The van der Waals surface area contributed by atoms with Gasteiger partial charge in [-0.15, -0.1) is 0 Å². The van der Waals surface area contributed by atoms with Crippen LogP contribution in [0.5, 0.6) is 5.75 Å². The van der Waals surface area contributed by atoms with Crippen molar-refractivity contribution in [3.05, 3.63) is 48.4 Å². The summed E-state index contributed by atoms with van der Waals surface area (Å²) in [7, 11) is 1.58. The highest BCUT2D eigenvalue weighted by Gasteiger charge is 2.24. The molecular formula is C16H18N4O2. The van der Waals surface area contributed by atoms with Crippen molar-refractivity contribution in [1.82, 2.24) is 14.9 Å². The maximum Gasteiger partial charge on any atom is 0.257 e. The Morgan fingerprint density at radius 3 is 2.59 bits per heavy atom. The molecule has 0 spiro atoms. The van der Waals surface area contributed by atoms with Crippen LogP contribution in [0.4, 0.5) is 5.82 Å². The fraction of sp³-hybridized carbons (Fsp3) is 0.312. The smallest absolute Gasteiger partial charge is 0.257 e. The molecule has 0 saturated carbocycles. The molecule has 0 aliphatic carbocycles. The second-order valence-electron chi connectivity index (χ2n) is 5.04. The molecule has 2 heterocycles. The number of aromatic nitrogens is 2. The van der Waals surface area contributed by atoms with Gasteiger partial charge in [0.25, 0.3) is 5.91 Å². The quantitative estimate of drug-likeness (QED) is 0.858. The van der Waals surface area contributed by atoms with E-state index in [9.17, 15) is 4.79 Å². The Kier molecular flexibility index (Phi) is 4.18. The zero-order valence-electron chi connectivity index (χ0n) is 12.5. The van der Waals surface area contributed by atoms with Crippen molar-refractivity contribution in [2.24, 2.45) is 0 Å². The van der Waals surface area contributed by atoms with E-state index in [1.54, 1.807) is 31.8 Å². The number of ether oxygens (including phenoxy) is 1. The molecule has 114 valence electrons. The van der Waals surface area contributed by atoms with E-state index < -0.39 is 0 Å². The minimum Gasteiger partial charge on any atom is -0.496 e. The SMILES string of the molecule is COc1ccccc1C(=O)N1CCN(c2cnccn2)CC1. The van der Waals surface area contributed by atoms with Crippen LogP contribution in [-0.4, -0.2) is 54.1 Å². The Labute approximate surface area is 129 Å².